The van der Waals surface area contributed by atoms with Gasteiger partial charge in [-0.25, -0.2) is 0 Å². The van der Waals surface area contributed by atoms with E-state index in [9.17, 15) is 4.79 Å². The standard InChI is InChI=1S/C14H21N3O2S/c1-2-10(13(15)17-19)16-14(18)12-8-9-6-4-3-5-7-11(9)20-12/h8,10,19H,2-7H2,1H3,(H2,15,17)(H,16,18). The van der Waals surface area contributed by atoms with Crippen molar-refractivity contribution in [1.29, 1.82) is 0 Å². The van der Waals surface area contributed by atoms with Gasteiger partial charge in [0.1, 0.15) is 0 Å². The van der Waals surface area contributed by atoms with Crippen molar-refractivity contribution in [2.45, 2.75) is 51.5 Å². The van der Waals surface area contributed by atoms with E-state index in [4.69, 9.17) is 10.9 Å². The third kappa shape index (κ3) is 3.30. The van der Waals surface area contributed by atoms with Crippen LogP contribution in [0.1, 0.15) is 52.7 Å². The number of carbonyl (C=O) groups is 1. The zero-order valence-corrected chi connectivity index (χ0v) is 12.5. The minimum Gasteiger partial charge on any atom is -0.409 e. The summed E-state index contributed by atoms with van der Waals surface area (Å²) in [6.45, 7) is 1.88. The van der Waals surface area contributed by atoms with Crippen molar-refractivity contribution in [3.8, 4) is 0 Å². The third-order valence-corrected chi connectivity index (χ3v) is 4.89. The Bertz CT molecular complexity index is 487. The van der Waals surface area contributed by atoms with Gasteiger partial charge in [0.2, 0.25) is 0 Å². The number of nitrogens with zero attached hydrogens (tertiary/aromatic N) is 1. The minimum absolute atomic E-state index is 0.0407. The molecule has 1 aliphatic rings. The molecule has 0 saturated heterocycles. The Labute approximate surface area is 122 Å². The molecule has 4 N–H and O–H groups in total. The highest BCUT2D eigenvalue weighted by molar-refractivity contribution is 7.14. The summed E-state index contributed by atoms with van der Waals surface area (Å²) in [7, 11) is 0. The molecule has 5 nitrogen and oxygen atoms in total. The van der Waals surface area contributed by atoms with E-state index in [-0.39, 0.29) is 11.7 Å². The van der Waals surface area contributed by atoms with Crippen LogP contribution in [-0.2, 0) is 12.8 Å². The number of thiophene rings is 1. The van der Waals surface area contributed by atoms with Gasteiger partial charge in [-0.2, -0.15) is 0 Å². The molecule has 6 heteroatoms. The first kappa shape index (κ1) is 14.8. The van der Waals surface area contributed by atoms with Gasteiger partial charge in [-0.15, -0.1) is 11.3 Å². The monoisotopic (exact) mass is 295 g/mol. The molecule has 0 spiro atoms. The molecule has 1 unspecified atom stereocenters. The first-order chi connectivity index (χ1) is 9.65. The molecule has 110 valence electrons. The predicted molar refractivity (Wildman–Crippen MR) is 80.5 cm³/mol. The Morgan fingerprint density at radius 2 is 2.25 bits per heavy atom. The molecular weight excluding hydrogens is 274 g/mol. The maximum atomic E-state index is 12.2. The fourth-order valence-corrected chi connectivity index (χ4v) is 3.62. The van der Waals surface area contributed by atoms with Crippen LogP contribution in [0, 0.1) is 0 Å². The quantitative estimate of drug-likeness (QED) is 0.262. The SMILES string of the molecule is CCC(NC(=O)c1cc2c(s1)CCCCC2)/C(N)=N/O. The summed E-state index contributed by atoms with van der Waals surface area (Å²) in [5.74, 6) is -0.0968. The highest BCUT2D eigenvalue weighted by atomic mass is 32.1. The average Bonchev–Trinajstić information content (AvgIpc) is 2.75. The lowest BCUT2D eigenvalue weighted by atomic mass is 10.1. The van der Waals surface area contributed by atoms with E-state index < -0.39 is 6.04 Å². The molecule has 0 aromatic carbocycles. The molecule has 0 aliphatic heterocycles. The van der Waals surface area contributed by atoms with Crippen LogP contribution in [0.5, 0.6) is 0 Å². The number of nitrogens with two attached hydrogens (primary N) is 1. The number of amides is 1. The van der Waals surface area contributed by atoms with E-state index in [1.165, 1.54) is 29.7 Å². The number of rotatable bonds is 4. The summed E-state index contributed by atoms with van der Waals surface area (Å²) in [5.41, 5.74) is 6.88. The highest BCUT2D eigenvalue weighted by Crippen LogP contribution is 2.28. The van der Waals surface area contributed by atoms with Crippen molar-refractivity contribution in [3.63, 3.8) is 0 Å². The summed E-state index contributed by atoms with van der Waals surface area (Å²) in [4.78, 5) is 14.3. The largest absolute Gasteiger partial charge is 0.409 e. The second-order valence-corrected chi connectivity index (χ2v) is 6.22. The van der Waals surface area contributed by atoms with E-state index >= 15 is 0 Å². The van der Waals surface area contributed by atoms with Gasteiger partial charge in [0.25, 0.3) is 5.91 Å². The molecule has 1 heterocycles. The van der Waals surface area contributed by atoms with Gasteiger partial charge in [0.05, 0.1) is 10.9 Å². The Hall–Kier alpha value is -1.56. The number of amidine groups is 1. The molecule has 0 bridgehead atoms. The Morgan fingerprint density at radius 3 is 2.95 bits per heavy atom. The summed E-state index contributed by atoms with van der Waals surface area (Å²) in [6.07, 6.45) is 6.40. The van der Waals surface area contributed by atoms with E-state index in [0.29, 0.717) is 6.42 Å². The molecule has 20 heavy (non-hydrogen) atoms. The number of hydrogen-bond acceptors (Lipinski definition) is 4. The molecule has 1 aromatic rings. The molecule has 0 radical (unpaired) electrons. The van der Waals surface area contributed by atoms with Gasteiger partial charge in [-0.3, -0.25) is 4.79 Å². The molecule has 1 aromatic heterocycles. The first-order valence-electron chi connectivity index (χ1n) is 7.05. The first-order valence-corrected chi connectivity index (χ1v) is 7.87. The van der Waals surface area contributed by atoms with Crippen LogP contribution in [-0.4, -0.2) is 23.0 Å². The number of oxime groups is 1. The highest BCUT2D eigenvalue weighted by Gasteiger charge is 2.20. The van der Waals surface area contributed by atoms with E-state index in [1.54, 1.807) is 11.3 Å². The van der Waals surface area contributed by atoms with Crippen LogP contribution in [0.3, 0.4) is 0 Å². The number of hydrogen-bond donors (Lipinski definition) is 3. The maximum Gasteiger partial charge on any atom is 0.261 e. The zero-order valence-electron chi connectivity index (χ0n) is 11.7. The number of nitrogens with one attached hydrogen (secondary N) is 1. The van der Waals surface area contributed by atoms with Crippen molar-refractivity contribution >= 4 is 23.1 Å². The van der Waals surface area contributed by atoms with Crippen LogP contribution in [0.25, 0.3) is 0 Å². The van der Waals surface area contributed by atoms with Crippen LogP contribution in [0.4, 0.5) is 0 Å². The summed E-state index contributed by atoms with van der Waals surface area (Å²) in [6, 6.07) is 1.58. The van der Waals surface area contributed by atoms with Gasteiger partial charge in [-0.05, 0) is 43.7 Å². The van der Waals surface area contributed by atoms with Crippen molar-refractivity contribution in [2.24, 2.45) is 10.9 Å². The molecule has 1 aliphatic carbocycles. The number of aryl methyl sites for hydroxylation is 2. The summed E-state index contributed by atoms with van der Waals surface area (Å²) in [5, 5.41) is 14.5. The molecular formula is C14H21N3O2S. The topological polar surface area (TPSA) is 87.7 Å². The predicted octanol–water partition coefficient (Wildman–Crippen LogP) is 2.27. The van der Waals surface area contributed by atoms with Crippen molar-refractivity contribution < 1.29 is 10.0 Å². The minimum atomic E-state index is -0.422. The van der Waals surface area contributed by atoms with Crippen LogP contribution in [0.15, 0.2) is 11.2 Å². The fraction of sp³-hybridized carbons (Fsp3) is 0.571. The Kier molecular flexibility index (Phi) is 5.00. The maximum absolute atomic E-state index is 12.2. The molecule has 0 saturated carbocycles. The van der Waals surface area contributed by atoms with Crippen molar-refractivity contribution in [2.75, 3.05) is 0 Å². The lowest BCUT2D eigenvalue weighted by Gasteiger charge is -2.14. The summed E-state index contributed by atoms with van der Waals surface area (Å²) < 4.78 is 0. The second-order valence-electron chi connectivity index (χ2n) is 5.08. The zero-order chi connectivity index (χ0) is 14.5. The molecule has 1 amide bonds. The number of carbonyl (C=O) groups excluding carboxylic acids is 1. The molecule has 2 rings (SSSR count). The average molecular weight is 295 g/mol. The van der Waals surface area contributed by atoms with Crippen molar-refractivity contribution in [3.05, 3.63) is 21.4 Å². The smallest absolute Gasteiger partial charge is 0.261 e. The lowest BCUT2D eigenvalue weighted by Crippen LogP contribution is -2.43. The van der Waals surface area contributed by atoms with Gasteiger partial charge in [-0.1, -0.05) is 18.5 Å². The van der Waals surface area contributed by atoms with Gasteiger partial charge < -0.3 is 16.3 Å². The van der Waals surface area contributed by atoms with E-state index in [1.807, 2.05) is 13.0 Å². The van der Waals surface area contributed by atoms with Crippen LogP contribution < -0.4 is 11.1 Å². The van der Waals surface area contributed by atoms with Crippen LogP contribution >= 0.6 is 11.3 Å². The lowest BCUT2D eigenvalue weighted by molar-refractivity contribution is 0.0949. The van der Waals surface area contributed by atoms with E-state index in [0.717, 1.165) is 17.7 Å². The summed E-state index contributed by atoms with van der Waals surface area (Å²) >= 11 is 1.57. The van der Waals surface area contributed by atoms with Gasteiger partial charge in [0.15, 0.2) is 5.84 Å². The van der Waals surface area contributed by atoms with Gasteiger partial charge in [0, 0.05) is 4.88 Å². The Balaban J connectivity index is 2.09. The van der Waals surface area contributed by atoms with Gasteiger partial charge >= 0.3 is 0 Å². The second kappa shape index (κ2) is 6.74. The van der Waals surface area contributed by atoms with Crippen molar-refractivity contribution in [1.82, 2.24) is 5.32 Å². The Morgan fingerprint density at radius 1 is 1.50 bits per heavy atom. The van der Waals surface area contributed by atoms with Crippen LogP contribution in [0.2, 0.25) is 0 Å². The van der Waals surface area contributed by atoms with E-state index in [2.05, 4.69) is 10.5 Å². The number of fused-ring (bicyclic) bond motifs is 1. The normalized spacial score (nSPS) is 17.1. The molecule has 1 atom stereocenters. The fourth-order valence-electron chi connectivity index (χ4n) is 2.46. The molecule has 0 fully saturated rings. The third-order valence-electron chi connectivity index (χ3n) is 3.66.